The number of hydrogen-bond acceptors (Lipinski definition) is 6. The van der Waals surface area contributed by atoms with Crippen molar-refractivity contribution in [1.82, 2.24) is 4.90 Å². The van der Waals surface area contributed by atoms with E-state index < -0.39 is 4.92 Å². The molecule has 0 amide bonds. The molecule has 0 aromatic heterocycles. The van der Waals surface area contributed by atoms with Crippen LogP contribution in [0, 0.1) is 10.1 Å². The number of nitrogens with zero attached hydrogens (tertiary/aromatic N) is 3. The van der Waals surface area contributed by atoms with Gasteiger partial charge in [-0.1, -0.05) is 0 Å². The highest BCUT2D eigenvalue weighted by molar-refractivity contribution is 5.83. The van der Waals surface area contributed by atoms with Crippen LogP contribution in [0.15, 0.2) is 18.2 Å². The van der Waals surface area contributed by atoms with Crippen LogP contribution in [0.1, 0.15) is 17.3 Å². The maximum Gasteiger partial charge on any atom is 0.281 e. The fraction of sp³-hybridized carbons (Fsp3) is 0.500. The zero-order valence-electron chi connectivity index (χ0n) is 12.8. The minimum absolute atomic E-state index is 0.0707. The smallest absolute Gasteiger partial charge is 0.281 e. The molecule has 1 atom stereocenters. The second-order valence-electron chi connectivity index (χ2n) is 4.95. The highest BCUT2D eigenvalue weighted by Gasteiger charge is 2.20. The molecular weight excluding hydrogens is 274 g/mol. The normalized spacial score (nSPS) is 12.2. The maximum atomic E-state index is 11.0. The molecule has 0 N–H and O–H groups in total. The van der Waals surface area contributed by atoms with Gasteiger partial charge in [-0.3, -0.25) is 14.9 Å². The van der Waals surface area contributed by atoms with Crippen molar-refractivity contribution >= 4 is 17.7 Å². The van der Waals surface area contributed by atoms with Crippen molar-refractivity contribution in [3.63, 3.8) is 0 Å². The summed E-state index contributed by atoms with van der Waals surface area (Å²) in [5, 5.41) is 11.0. The second kappa shape index (κ2) is 7.70. The SMILES string of the molecule is COC(C)N(CCN(C)C)c1ccc(C=O)c([N+](=O)[O-])c1. The largest absolute Gasteiger partial charge is 0.362 e. The minimum Gasteiger partial charge on any atom is -0.362 e. The fourth-order valence-electron chi connectivity index (χ4n) is 1.92. The molecule has 0 heterocycles. The molecule has 1 rings (SSSR count). The van der Waals surface area contributed by atoms with Gasteiger partial charge in [0.05, 0.1) is 10.5 Å². The lowest BCUT2D eigenvalue weighted by molar-refractivity contribution is -0.385. The van der Waals surface area contributed by atoms with E-state index in [9.17, 15) is 14.9 Å². The average Bonchev–Trinajstić information content (AvgIpc) is 2.46. The molecule has 0 radical (unpaired) electrons. The van der Waals surface area contributed by atoms with Gasteiger partial charge in [0.1, 0.15) is 6.23 Å². The summed E-state index contributed by atoms with van der Waals surface area (Å²) in [6.07, 6.45) is 0.262. The number of nitro benzene ring substituents is 1. The van der Waals surface area contributed by atoms with Crippen LogP contribution >= 0.6 is 0 Å². The first-order valence-corrected chi connectivity index (χ1v) is 6.58. The zero-order valence-corrected chi connectivity index (χ0v) is 12.8. The maximum absolute atomic E-state index is 11.0. The number of rotatable bonds is 8. The second-order valence-corrected chi connectivity index (χ2v) is 4.95. The molecule has 1 aromatic rings. The van der Waals surface area contributed by atoms with Gasteiger partial charge in [0.2, 0.25) is 0 Å². The predicted molar refractivity (Wildman–Crippen MR) is 80.9 cm³/mol. The third kappa shape index (κ3) is 4.51. The summed E-state index contributed by atoms with van der Waals surface area (Å²) in [4.78, 5) is 25.3. The molecule has 1 unspecified atom stereocenters. The minimum atomic E-state index is -0.547. The van der Waals surface area contributed by atoms with Gasteiger partial charge < -0.3 is 14.5 Å². The quantitative estimate of drug-likeness (QED) is 0.315. The van der Waals surface area contributed by atoms with Crippen LogP contribution in [-0.2, 0) is 4.74 Å². The van der Waals surface area contributed by atoms with Crippen LogP contribution in [0.4, 0.5) is 11.4 Å². The van der Waals surface area contributed by atoms with Crippen LogP contribution in [0.3, 0.4) is 0 Å². The number of ether oxygens (including phenoxy) is 1. The third-order valence-corrected chi connectivity index (χ3v) is 3.24. The first-order valence-electron chi connectivity index (χ1n) is 6.58. The first-order chi connectivity index (χ1) is 9.90. The Labute approximate surface area is 124 Å². The van der Waals surface area contributed by atoms with Gasteiger partial charge in [0, 0.05) is 32.0 Å². The monoisotopic (exact) mass is 295 g/mol. The molecular formula is C14H21N3O4. The third-order valence-electron chi connectivity index (χ3n) is 3.24. The van der Waals surface area contributed by atoms with Gasteiger partial charge in [-0.05, 0) is 33.2 Å². The number of nitro groups is 1. The Morgan fingerprint density at radius 3 is 2.52 bits per heavy atom. The molecule has 116 valence electrons. The highest BCUT2D eigenvalue weighted by Crippen LogP contribution is 2.26. The molecule has 0 aliphatic carbocycles. The number of carbonyl (C=O) groups excluding carboxylic acids is 1. The summed E-state index contributed by atoms with van der Waals surface area (Å²) in [6, 6.07) is 4.57. The predicted octanol–water partition coefficient (Wildman–Crippen LogP) is 1.77. The van der Waals surface area contributed by atoms with E-state index in [0.717, 1.165) is 6.54 Å². The van der Waals surface area contributed by atoms with E-state index in [2.05, 4.69) is 0 Å². The first kappa shape index (κ1) is 17.1. The van der Waals surface area contributed by atoms with E-state index in [0.29, 0.717) is 18.5 Å². The number of aldehydes is 1. The molecule has 0 saturated heterocycles. The van der Waals surface area contributed by atoms with E-state index >= 15 is 0 Å². The molecule has 0 saturated carbocycles. The number of likely N-dealkylation sites (N-methyl/N-ethyl adjacent to an activating group) is 1. The summed E-state index contributed by atoms with van der Waals surface area (Å²) in [5.74, 6) is 0. The standard InChI is InChI=1S/C14H21N3O4/c1-11(21-4)16(8-7-15(2)3)13-6-5-12(10-18)14(9-13)17(19)20/h5-6,9-11H,7-8H2,1-4H3. The number of hydrogen-bond donors (Lipinski definition) is 0. The summed E-state index contributed by atoms with van der Waals surface area (Å²) in [7, 11) is 5.49. The van der Waals surface area contributed by atoms with Crippen molar-refractivity contribution in [2.24, 2.45) is 0 Å². The van der Waals surface area contributed by atoms with Crippen molar-refractivity contribution < 1.29 is 14.5 Å². The number of methoxy groups -OCH3 is 1. The van der Waals surface area contributed by atoms with Crippen molar-refractivity contribution in [3.8, 4) is 0 Å². The molecule has 0 aliphatic heterocycles. The van der Waals surface area contributed by atoms with E-state index in [1.54, 1.807) is 13.2 Å². The molecule has 0 fully saturated rings. The lowest BCUT2D eigenvalue weighted by Crippen LogP contribution is -2.39. The molecule has 21 heavy (non-hydrogen) atoms. The Morgan fingerprint density at radius 1 is 1.38 bits per heavy atom. The number of carbonyl (C=O) groups is 1. The van der Waals surface area contributed by atoms with Crippen LogP contribution < -0.4 is 4.90 Å². The Bertz CT molecular complexity index is 505. The van der Waals surface area contributed by atoms with Crippen molar-refractivity contribution in [3.05, 3.63) is 33.9 Å². The van der Waals surface area contributed by atoms with Gasteiger partial charge in [-0.15, -0.1) is 0 Å². The Balaban J connectivity index is 3.14. The van der Waals surface area contributed by atoms with E-state index in [-0.39, 0.29) is 17.5 Å². The van der Waals surface area contributed by atoms with Crippen LogP contribution in [-0.4, -0.2) is 56.6 Å². The molecule has 1 aromatic carbocycles. The average molecular weight is 295 g/mol. The summed E-state index contributed by atoms with van der Waals surface area (Å²) in [6.45, 7) is 3.30. The van der Waals surface area contributed by atoms with E-state index in [1.807, 2.05) is 30.8 Å². The summed E-state index contributed by atoms with van der Waals surface area (Å²) < 4.78 is 5.32. The van der Waals surface area contributed by atoms with E-state index in [4.69, 9.17) is 4.74 Å². The topological polar surface area (TPSA) is 75.9 Å². The Hall–Kier alpha value is -1.99. The molecule has 7 nitrogen and oxygen atoms in total. The number of benzene rings is 1. The molecule has 0 aliphatic rings. The zero-order chi connectivity index (χ0) is 16.0. The molecule has 7 heteroatoms. The molecule has 0 bridgehead atoms. The van der Waals surface area contributed by atoms with Crippen LogP contribution in [0.2, 0.25) is 0 Å². The number of anilines is 1. The van der Waals surface area contributed by atoms with Crippen molar-refractivity contribution in [2.75, 3.05) is 39.2 Å². The van der Waals surface area contributed by atoms with Crippen molar-refractivity contribution in [2.45, 2.75) is 13.2 Å². The lowest BCUT2D eigenvalue weighted by atomic mass is 10.1. The van der Waals surface area contributed by atoms with Crippen LogP contribution in [0.25, 0.3) is 0 Å². The fourth-order valence-corrected chi connectivity index (χ4v) is 1.92. The van der Waals surface area contributed by atoms with Crippen LogP contribution in [0.5, 0.6) is 0 Å². The Kier molecular flexibility index (Phi) is 6.26. The van der Waals surface area contributed by atoms with Gasteiger partial charge in [-0.2, -0.15) is 0 Å². The van der Waals surface area contributed by atoms with Gasteiger partial charge in [0.25, 0.3) is 5.69 Å². The lowest BCUT2D eigenvalue weighted by Gasteiger charge is -2.31. The van der Waals surface area contributed by atoms with Gasteiger partial charge >= 0.3 is 0 Å². The van der Waals surface area contributed by atoms with Crippen molar-refractivity contribution in [1.29, 1.82) is 0 Å². The molecule has 0 spiro atoms. The van der Waals surface area contributed by atoms with Gasteiger partial charge in [0.15, 0.2) is 6.29 Å². The Morgan fingerprint density at radius 2 is 2.05 bits per heavy atom. The summed E-state index contributed by atoms with van der Waals surface area (Å²) in [5.41, 5.74) is 0.533. The highest BCUT2D eigenvalue weighted by atomic mass is 16.6. The van der Waals surface area contributed by atoms with Gasteiger partial charge in [-0.25, -0.2) is 0 Å². The summed E-state index contributed by atoms with van der Waals surface area (Å²) >= 11 is 0. The van der Waals surface area contributed by atoms with E-state index in [1.165, 1.54) is 12.1 Å².